The average Bonchev–Trinajstić information content (AvgIpc) is 2.52. The van der Waals surface area contributed by atoms with Gasteiger partial charge in [-0.2, -0.15) is 12.6 Å². The van der Waals surface area contributed by atoms with Crippen molar-refractivity contribution in [1.29, 1.82) is 0 Å². The van der Waals surface area contributed by atoms with Crippen LogP contribution < -0.4 is 5.46 Å². The van der Waals surface area contributed by atoms with E-state index in [-0.39, 0.29) is 18.3 Å². The summed E-state index contributed by atoms with van der Waals surface area (Å²) in [6, 6.07) is 4.29. The van der Waals surface area contributed by atoms with Crippen LogP contribution in [-0.4, -0.2) is 18.3 Å². The minimum absolute atomic E-state index is 0.294. The van der Waals surface area contributed by atoms with Crippen molar-refractivity contribution in [3.05, 3.63) is 26.8 Å². The maximum Gasteiger partial charge on any atom is 0.494 e. The highest BCUT2D eigenvalue weighted by Crippen LogP contribution is 2.36. The van der Waals surface area contributed by atoms with Gasteiger partial charge in [-0.1, -0.05) is 6.07 Å². The van der Waals surface area contributed by atoms with Crippen LogP contribution in [0.1, 0.15) is 38.8 Å². The predicted molar refractivity (Wildman–Crippen MR) is 92.3 cm³/mol. The van der Waals surface area contributed by atoms with Crippen molar-refractivity contribution in [3.8, 4) is 0 Å². The van der Waals surface area contributed by atoms with Gasteiger partial charge in [-0.05, 0) is 79.9 Å². The van der Waals surface area contributed by atoms with Crippen LogP contribution in [0.3, 0.4) is 0 Å². The summed E-state index contributed by atoms with van der Waals surface area (Å²) in [6.07, 6.45) is 0. The Morgan fingerprint density at radius 1 is 1.16 bits per heavy atom. The Bertz CT molecular complexity index is 486. The van der Waals surface area contributed by atoms with Crippen LogP contribution in [0.4, 0.5) is 0 Å². The van der Waals surface area contributed by atoms with Crippen molar-refractivity contribution >= 4 is 47.8 Å². The van der Waals surface area contributed by atoms with Gasteiger partial charge in [0.25, 0.3) is 0 Å². The second-order valence-corrected chi connectivity index (χ2v) is 7.51. The minimum atomic E-state index is -0.297. The van der Waals surface area contributed by atoms with Gasteiger partial charge in [-0.3, -0.25) is 0 Å². The molecule has 5 heteroatoms. The molecular formula is C14H20BIO2S. The van der Waals surface area contributed by atoms with Gasteiger partial charge in [0.15, 0.2) is 0 Å². The summed E-state index contributed by atoms with van der Waals surface area (Å²) in [5.41, 5.74) is 3.01. The van der Waals surface area contributed by atoms with Gasteiger partial charge < -0.3 is 9.31 Å². The van der Waals surface area contributed by atoms with Gasteiger partial charge in [0, 0.05) is 9.32 Å². The third kappa shape index (κ3) is 2.85. The molecule has 0 N–H and O–H groups in total. The van der Waals surface area contributed by atoms with Gasteiger partial charge in [0.1, 0.15) is 0 Å². The maximum atomic E-state index is 6.09. The molecule has 0 aliphatic carbocycles. The monoisotopic (exact) mass is 390 g/mol. The first kappa shape index (κ1) is 15.7. The van der Waals surface area contributed by atoms with Crippen LogP contribution >= 0.6 is 35.2 Å². The molecule has 0 bridgehead atoms. The third-order valence-corrected chi connectivity index (χ3v) is 5.63. The first-order chi connectivity index (χ1) is 8.68. The summed E-state index contributed by atoms with van der Waals surface area (Å²) in [5.74, 6) is 0.731. The zero-order valence-corrected chi connectivity index (χ0v) is 15.1. The molecule has 1 aromatic carbocycles. The highest BCUT2D eigenvalue weighted by molar-refractivity contribution is 14.1. The van der Waals surface area contributed by atoms with E-state index in [4.69, 9.17) is 9.31 Å². The van der Waals surface area contributed by atoms with E-state index < -0.39 is 0 Å². The summed E-state index contributed by atoms with van der Waals surface area (Å²) >= 11 is 6.76. The van der Waals surface area contributed by atoms with Crippen LogP contribution in [0.25, 0.3) is 0 Å². The lowest BCUT2D eigenvalue weighted by atomic mass is 9.78. The second kappa shape index (κ2) is 5.24. The maximum absolute atomic E-state index is 6.09. The Morgan fingerprint density at radius 2 is 1.68 bits per heavy atom. The lowest BCUT2D eigenvalue weighted by molar-refractivity contribution is 0.00578. The molecule has 1 fully saturated rings. The average molecular weight is 390 g/mol. The zero-order valence-electron chi connectivity index (χ0n) is 12.1. The van der Waals surface area contributed by atoms with Gasteiger partial charge in [-0.15, -0.1) is 0 Å². The fraction of sp³-hybridized carbons (Fsp3) is 0.571. The Morgan fingerprint density at radius 3 is 2.16 bits per heavy atom. The van der Waals surface area contributed by atoms with Crippen molar-refractivity contribution in [1.82, 2.24) is 0 Å². The van der Waals surface area contributed by atoms with Gasteiger partial charge in [0.05, 0.1) is 11.2 Å². The molecule has 1 aliphatic rings. The van der Waals surface area contributed by atoms with E-state index in [1.807, 2.05) is 0 Å². The quantitative estimate of drug-likeness (QED) is 0.475. The number of halogens is 1. The molecule has 0 atom stereocenters. The summed E-state index contributed by atoms with van der Waals surface area (Å²) in [7, 11) is -0.294. The third-order valence-electron chi connectivity index (χ3n) is 4.17. The molecule has 0 unspecified atom stereocenters. The summed E-state index contributed by atoms with van der Waals surface area (Å²) in [6.45, 7) is 10.4. The van der Waals surface area contributed by atoms with E-state index in [1.54, 1.807) is 0 Å². The lowest BCUT2D eigenvalue weighted by Gasteiger charge is -2.32. The normalized spacial score (nSPS) is 20.9. The Kier molecular flexibility index (Phi) is 4.32. The number of benzene rings is 1. The number of thiol groups is 1. The number of hydrogen-bond acceptors (Lipinski definition) is 3. The molecule has 1 aromatic rings. The van der Waals surface area contributed by atoms with E-state index in [1.165, 1.54) is 14.7 Å². The van der Waals surface area contributed by atoms with Gasteiger partial charge >= 0.3 is 7.12 Å². The second-order valence-electron chi connectivity index (χ2n) is 6.03. The van der Waals surface area contributed by atoms with E-state index in [0.717, 1.165) is 11.2 Å². The molecule has 0 aromatic heterocycles. The van der Waals surface area contributed by atoms with Crippen molar-refractivity contribution in [2.45, 2.75) is 51.6 Å². The molecule has 19 heavy (non-hydrogen) atoms. The highest BCUT2D eigenvalue weighted by Gasteiger charge is 2.51. The molecule has 0 spiro atoms. The SMILES string of the molecule is Cc1c(I)cc(B2OC(C)(C)C(C)(C)O2)cc1CS. The van der Waals surface area contributed by atoms with Gasteiger partial charge in [-0.25, -0.2) is 0 Å². The largest absolute Gasteiger partial charge is 0.494 e. The molecule has 2 nitrogen and oxygen atoms in total. The van der Waals surface area contributed by atoms with E-state index in [0.29, 0.717) is 0 Å². The molecule has 0 saturated carbocycles. The topological polar surface area (TPSA) is 18.5 Å². The predicted octanol–water partition coefficient (Wildman–Crippen LogP) is 3.33. The molecule has 1 aliphatic heterocycles. The smallest absolute Gasteiger partial charge is 0.399 e. The standard InChI is InChI=1S/C14H20BIO2S/c1-9-10(8-19)6-11(7-12(9)16)15-17-13(2,3)14(4,5)18-15/h6-7,19H,8H2,1-5H3. The van der Waals surface area contributed by atoms with Crippen molar-refractivity contribution in [2.75, 3.05) is 0 Å². The van der Waals surface area contributed by atoms with Crippen LogP contribution in [0.5, 0.6) is 0 Å². The van der Waals surface area contributed by atoms with Crippen molar-refractivity contribution in [3.63, 3.8) is 0 Å². The van der Waals surface area contributed by atoms with Crippen molar-refractivity contribution < 1.29 is 9.31 Å². The molecule has 1 heterocycles. The van der Waals surface area contributed by atoms with Crippen LogP contribution in [0.2, 0.25) is 0 Å². The molecule has 0 radical (unpaired) electrons. The molecule has 0 amide bonds. The molecular weight excluding hydrogens is 370 g/mol. The van der Waals surface area contributed by atoms with Gasteiger partial charge in [0.2, 0.25) is 0 Å². The zero-order chi connectivity index (χ0) is 14.4. The van der Waals surface area contributed by atoms with Crippen LogP contribution in [-0.2, 0) is 15.1 Å². The van der Waals surface area contributed by atoms with E-state index in [2.05, 4.69) is 82.0 Å². The fourth-order valence-electron chi connectivity index (χ4n) is 2.04. The summed E-state index contributed by atoms with van der Waals surface area (Å²) < 4.78 is 13.4. The highest BCUT2D eigenvalue weighted by atomic mass is 127. The Balaban J connectivity index is 2.37. The van der Waals surface area contributed by atoms with Crippen molar-refractivity contribution in [2.24, 2.45) is 0 Å². The molecule has 104 valence electrons. The Hall–Kier alpha value is 0.285. The summed E-state index contributed by atoms with van der Waals surface area (Å²) in [4.78, 5) is 0. The first-order valence-corrected chi connectivity index (χ1v) is 8.14. The Labute approximate surface area is 135 Å². The molecule has 1 saturated heterocycles. The first-order valence-electron chi connectivity index (χ1n) is 6.43. The molecule has 2 rings (SSSR count). The number of rotatable bonds is 2. The minimum Gasteiger partial charge on any atom is -0.399 e. The van der Waals surface area contributed by atoms with Crippen LogP contribution in [0.15, 0.2) is 12.1 Å². The summed E-state index contributed by atoms with van der Waals surface area (Å²) in [5, 5.41) is 0. The number of hydrogen-bond donors (Lipinski definition) is 1. The van der Waals surface area contributed by atoms with Crippen LogP contribution in [0, 0.1) is 10.5 Å². The lowest BCUT2D eigenvalue weighted by Crippen LogP contribution is -2.41. The van der Waals surface area contributed by atoms with E-state index >= 15 is 0 Å². The fourth-order valence-corrected chi connectivity index (χ4v) is 3.07. The van der Waals surface area contributed by atoms with E-state index in [9.17, 15) is 0 Å².